The molecule has 0 saturated heterocycles. The molecule has 0 amide bonds. The molecule has 0 aliphatic heterocycles. The number of H-pyrrole nitrogens is 1. The summed E-state index contributed by atoms with van der Waals surface area (Å²) in [5.74, 6) is -0.122. The Morgan fingerprint density at radius 1 is 0.903 bits per heavy atom. The summed E-state index contributed by atoms with van der Waals surface area (Å²) in [5.41, 5.74) is 4.15. The molecular weight excluding hydrogens is 388 g/mol. The van der Waals surface area contributed by atoms with E-state index in [1.165, 1.54) is 4.68 Å². The van der Waals surface area contributed by atoms with E-state index in [0.29, 0.717) is 11.8 Å². The summed E-state index contributed by atoms with van der Waals surface area (Å²) in [7, 11) is 0. The number of imidazole rings is 1. The average Bonchev–Trinajstić information content (AvgIpc) is 3.38. The number of carbonyl (C=O) groups excluding carboxylic acids is 1. The van der Waals surface area contributed by atoms with Gasteiger partial charge in [-0.2, -0.15) is 9.78 Å². The van der Waals surface area contributed by atoms with E-state index in [4.69, 9.17) is 4.74 Å². The zero-order valence-corrected chi connectivity index (χ0v) is 16.9. The summed E-state index contributed by atoms with van der Waals surface area (Å²) in [5, 5.41) is 4.48. The van der Waals surface area contributed by atoms with Gasteiger partial charge in [-0.1, -0.05) is 72.8 Å². The van der Waals surface area contributed by atoms with Crippen LogP contribution in [0.5, 0.6) is 5.88 Å². The molecule has 0 spiro atoms. The smallest absolute Gasteiger partial charge is 0.324 e. The molecule has 0 aliphatic carbocycles. The SMILES string of the molecule is Cc1cc(OC(=O)C(c2ccccc2)c2ccccc2)n(-c2nc3ccccc3[nH]2)n1. The maximum Gasteiger partial charge on any atom is 0.324 e. The number of benzene rings is 3. The highest BCUT2D eigenvalue weighted by atomic mass is 16.5. The van der Waals surface area contributed by atoms with Gasteiger partial charge in [0.25, 0.3) is 0 Å². The maximum absolute atomic E-state index is 13.4. The Morgan fingerprint density at radius 3 is 2.16 bits per heavy atom. The maximum atomic E-state index is 13.4. The van der Waals surface area contributed by atoms with Crippen molar-refractivity contribution in [3.05, 3.63) is 108 Å². The largest absolute Gasteiger partial charge is 0.407 e. The van der Waals surface area contributed by atoms with E-state index < -0.39 is 5.92 Å². The van der Waals surface area contributed by atoms with Gasteiger partial charge < -0.3 is 9.72 Å². The molecule has 6 heteroatoms. The quantitative estimate of drug-likeness (QED) is 0.424. The molecule has 2 heterocycles. The second kappa shape index (κ2) is 7.91. The Labute approximate surface area is 179 Å². The minimum absolute atomic E-state index is 0.318. The molecular formula is C25H20N4O2. The highest BCUT2D eigenvalue weighted by Crippen LogP contribution is 2.28. The molecule has 0 fully saturated rings. The molecule has 0 unspecified atom stereocenters. The Morgan fingerprint density at radius 2 is 1.52 bits per heavy atom. The summed E-state index contributed by atoms with van der Waals surface area (Å²) in [6.45, 7) is 1.85. The van der Waals surface area contributed by atoms with Crippen LogP contribution in [0.1, 0.15) is 22.7 Å². The third-order valence-electron chi connectivity index (χ3n) is 5.08. The normalized spacial score (nSPS) is 11.2. The number of carbonyl (C=O) groups is 1. The Bertz CT molecular complexity index is 1270. The molecule has 3 aromatic carbocycles. The predicted molar refractivity (Wildman–Crippen MR) is 118 cm³/mol. The molecule has 5 rings (SSSR count). The van der Waals surface area contributed by atoms with Crippen LogP contribution in [0.2, 0.25) is 0 Å². The van der Waals surface area contributed by atoms with Crippen LogP contribution < -0.4 is 4.74 Å². The van der Waals surface area contributed by atoms with Crippen molar-refractivity contribution < 1.29 is 9.53 Å². The number of para-hydroxylation sites is 2. The van der Waals surface area contributed by atoms with Crippen LogP contribution in [0.3, 0.4) is 0 Å². The Kier molecular flexibility index (Phi) is 4.80. The molecule has 31 heavy (non-hydrogen) atoms. The van der Waals surface area contributed by atoms with Crippen LogP contribution in [0.25, 0.3) is 17.0 Å². The lowest BCUT2D eigenvalue weighted by Gasteiger charge is -2.17. The summed E-state index contributed by atoms with van der Waals surface area (Å²) < 4.78 is 7.42. The average molecular weight is 408 g/mol. The van der Waals surface area contributed by atoms with Gasteiger partial charge in [-0.25, -0.2) is 4.98 Å². The second-order valence-electron chi connectivity index (χ2n) is 7.29. The van der Waals surface area contributed by atoms with Crippen molar-refractivity contribution in [1.82, 2.24) is 19.7 Å². The number of rotatable bonds is 5. The van der Waals surface area contributed by atoms with Crippen molar-refractivity contribution in [3.8, 4) is 11.8 Å². The lowest BCUT2D eigenvalue weighted by molar-refractivity contribution is -0.135. The summed E-state index contributed by atoms with van der Waals surface area (Å²) in [6, 6.07) is 28.7. The first kappa shape index (κ1) is 18.8. The van der Waals surface area contributed by atoms with Gasteiger partial charge in [-0.15, -0.1) is 0 Å². The fourth-order valence-corrected chi connectivity index (χ4v) is 3.66. The van der Waals surface area contributed by atoms with Crippen LogP contribution in [-0.2, 0) is 4.79 Å². The highest BCUT2D eigenvalue weighted by molar-refractivity contribution is 5.84. The van der Waals surface area contributed by atoms with Gasteiger partial charge in [-0.3, -0.25) is 4.79 Å². The molecule has 2 aromatic heterocycles. The molecule has 0 aliphatic rings. The topological polar surface area (TPSA) is 72.8 Å². The standard InChI is InChI=1S/C25H20N4O2/c1-17-16-22(29(28-17)25-26-20-14-8-9-15-21(20)27-25)31-24(30)23(18-10-4-2-5-11-18)19-12-6-3-7-13-19/h2-16,23H,1H3,(H,26,27). The number of hydrogen-bond acceptors (Lipinski definition) is 4. The van der Waals surface area contributed by atoms with Crippen molar-refractivity contribution in [3.63, 3.8) is 0 Å². The fraction of sp³-hybridized carbons (Fsp3) is 0.0800. The zero-order chi connectivity index (χ0) is 21.2. The zero-order valence-electron chi connectivity index (χ0n) is 16.9. The lowest BCUT2D eigenvalue weighted by Crippen LogP contribution is -2.21. The van der Waals surface area contributed by atoms with Gasteiger partial charge in [0, 0.05) is 6.07 Å². The second-order valence-corrected chi connectivity index (χ2v) is 7.29. The third-order valence-corrected chi connectivity index (χ3v) is 5.08. The van der Waals surface area contributed by atoms with Crippen molar-refractivity contribution in [2.45, 2.75) is 12.8 Å². The van der Waals surface area contributed by atoms with E-state index in [1.54, 1.807) is 6.07 Å². The first-order chi connectivity index (χ1) is 15.2. The molecule has 152 valence electrons. The van der Waals surface area contributed by atoms with E-state index in [-0.39, 0.29) is 5.97 Å². The van der Waals surface area contributed by atoms with Crippen LogP contribution in [-0.4, -0.2) is 25.7 Å². The number of aromatic nitrogens is 4. The van der Waals surface area contributed by atoms with Gasteiger partial charge in [0.1, 0.15) is 5.92 Å². The predicted octanol–water partition coefficient (Wildman–Crippen LogP) is 4.79. The number of nitrogens with zero attached hydrogens (tertiary/aromatic N) is 3. The number of aryl methyl sites for hydroxylation is 1. The summed E-state index contributed by atoms with van der Waals surface area (Å²) in [6.07, 6.45) is 0. The lowest BCUT2D eigenvalue weighted by atomic mass is 9.91. The summed E-state index contributed by atoms with van der Waals surface area (Å²) >= 11 is 0. The fourth-order valence-electron chi connectivity index (χ4n) is 3.66. The molecule has 0 radical (unpaired) electrons. The Balaban J connectivity index is 1.52. The van der Waals surface area contributed by atoms with Gasteiger partial charge in [0.2, 0.25) is 11.8 Å². The molecule has 5 aromatic rings. The van der Waals surface area contributed by atoms with E-state index >= 15 is 0 Å². The number of ether oxygens (including phenoxy) is 1. The van der Waals surface area contributed by atoms with E-state index in [2.05, 4.69) is 15.1 Å². The minimum Gasteiger partial charge on any atom is -0.407 e. The monoisotopic (exact) mass is 408 g/mol. The van der Waals surface area contributed by atoms with Crippen molar-refractivity contribution in [2.75, 3.05) is 0 Å². The van der Waals surface area contributed by atoms with Crippen molar-refractivity contribution >= 4 is 17.0 Å². The number of esters is 1. The summed E-state index contributed by atoms with van der Waals surface area (Å²) in [4.78, 5) is 21.2. The first-order valence-corrected chi connectivity index (χ1v) is 10.0. The minimum atomic E-state index is -0.554. The van der Waals surface area contributed by atoms with Crippen molar-refractivity contribution in [2.24, 2.45) is 0 Å². The van der Waals surface area contributed by atoms with Gasteiger partial charge in [0.05, 0.1) is 16.7 Å². The number of hydrogen-bond donors (Lipinski definition) is 1. The van der Waals surface area contributed by atoms with Gasteiger partial charge >= 0.3 is 5.97 Å². The molecule has 0 atom stereocenters. The molecule has 0 bridgehead atoms. The van der Waals surface area contributed by atoms with E-state index in [9.17, 15) is 4.79 Å². The molecule has 6 nitrogen and oxygen atoms in total. The van der Waals surface area contributed by atoms with Gasteiger partial charge in [-0.05, 0) is 30.2 Å². The van der Waals surface area contributed by atoms with Crippen LogP contribution in [0.4, 0.5) is 0 Å². The molecule has 0 saturated carbocycles. The third kappa shape index (κ3) is 3.71. The number of aromatic amines is 1. The van der Waals surface area contributed by atoms with Crippen LogP contribution in [0.15, 0.2) is 91.0 Å². The first-order valence-electron chi connectivity index (χ1n) is 10.0. The van der Waals surface area contributed by atoms with E-state index in [1.807, 2.05) is 91.9 Å². The van der Waals surface area contributed by atoms with Crippen LogP contribution in [0, 0.1) is 6.92 Å². The van der Waals surface area contributed by atoms with Crippen molar-refractivity contribution in [1.29, 1.82) is 0 Å². The van der Waals surface area contributed by atoms with E-state index in [0.717, 1.165) is 27.9 Å². The Hall–Kier alpha value is -4.19. The number of fused-ring (bicyclic) bond motifs is 1. The highest BCUT2D eigenvalue weighted by Gasteiger charge is 2.26. The van der Waals surface area contributed by atoms with Crippen LogP contribution >= 0.6 is 0 Å². The molecule has 1 N–H and O–H groups in total. The van der Waals surface area contributed by atoms with Gasteiger partial charge in [0.15, 0.2) is 0 Å². The number of nitrogens with one attached hydrogen (secondary N) is 1.